The molecule has 7 heteroatoms. The van der Waals surface area contributed by atoms with Crippen LogP contribution in [0.4, 0.5) is 0 Å². The molecule has 0 bridgehead atoms. The number of aliphatic imine (C=N–C) groups is 1. The standard InChI is InChI=1S/C23H39N5O2/c1-18-6-5-9-27(15-18)11-8-25-23(24-2)26-20-7-10-28(17-20)16-19-12-21(29-3)14-22(13-19)30-4/h12-14,18,20H,5-11,15-17H2,1-4H3,(H2,24,25,26). The van der Waals surface area contributed by atoms with Crippen molar-refractivity contribution in [1.82, 2.24) is 20.4 Å². The number of nitrogens with one attached hydrogen (secondary N) is 2. The van der Waals surface area contributed by atoms with Gasteiger partial charge in [0.15, 0.2) is 5.96 Å². The van der Waals surface area contributed by atoms with E-state index in [0.29, 0.717) is 6.04 Å². The summed E-state index contributed by atoms with van der Waals surface area (Å²) in [5.74, 6) is 3.41. The molecular formula is C23H39N5O2. The Bertz CT molecular complexity index is 674. The molecule has 2 aliphatic rings. The van der Waals surface area contributed by atoms with E-state index in [1.54, 1.807) is 14.2 Å². The van der Waals surface area contributed by atoms with Crippen LogP contribution in [0.2, 0.25) is 0 Å². The highest BCUT2D eigenvalue weighted by Gasteiger charge is 2.23. The first-order chi connectivity index (χ1) is 14.6. The van der Waals surface area contributed by atoms with Gasteiger partial charge in [0.1, 0.15) is 11.5 Å². The normalized spacial score (nSPS) is 23.4. The van der Waals surface area contributed by atoms with Crippen molar-refractivity contribution in [2.75, 3.05) is 60.5 Å². The van der Waals surface area contributed by atoms with Gasteiger partial charge in [-0.2, -0.15) is 0 Å². The summed E-state index contributed by atoms with van der Waals surface area (Å²) in [6.07, 6.45) is 3.81. The Hall–Kier alpha value is -1.99. The average Bonchev–Trinajstić information content (AvgIpc) is 3.19. The van der Waals surface area contributed by atoms with Gasteiger partial charge in [0.05, 0.1) is 14.2 Å². The predicted molar refractivity (Wildman–Crippen MR) is 123 cm³/mol. The van der Waals surface area contributed by atoms with Gasteiger partial charge in [0, 0.05) is 58.4 Å². The summed E-state index contributed by atoms with van der Waals surface area (Å²) in [5, 5.41) is 7.10. The molecule has 1 aromatic rings. The Morgan fingerprint density at radius 1 is 1.07 bits per heavy atom. The van der Waals surface area contributed by atoms with Crippen LogP contribution < -0.4 is 20.1 Å². The van der Waals surface area contributed by atoms with Crippen LogP contribution in [0.25, 0.3) is 0 Å². The molecule has 30 heavy (non-hydrogen) atoms. The first-order valence-electron chi connectivity index (χ1n) is 11.2. The van der Waals surface area contributed by atoms with E-state index in [0.717, 1.165) is 62.5 Å². The van der Waals surface area contributed by atoms with Gasteiger partial charge in [-0.05, 0) is 49.4 Å². The molecule has 2 heterocycles. The van der Waals surface area contributed by atoms with E-state index in [1.165, 1.54) is 31.5 Å². The molecule has 2 fully saturated rings. The SMILES string of the molecule is CN=C(NCCN1CCCC(C)C1)NC1CCN(Cc2cc(OC)cc(OC)c2)C1. The number of ether oxygens (including phenoxy) is 2. The van der Waals surface area contributed by atoms with Crippen molar-refractivity contribution in [3.05, 3.63) is 23.8 Å². The predicted octanol–water partition coefficient (Wildman–Crippen LogP) is 2.18. The van der Waals surface area contributed by atoms with Gasteiger partial charge in [-0.1, -0.05) is 6.92 Å². The molecule has 0 amide bonds. The molecule has 0 aromatic heterocycles. The molecule has 2 saturated heterocycles. The average molecular weight is 418 g/mol. The lowest BCUT2D eigenvalue weighted by Crippen LogP contribution is -2.47. The Morgan fingerprint density at radius 3 is 2.50 bits per heavy atom. The number of hydrogen-bond donors (Lipinski definition) is 2. The van der Waals surface area contributed by atoms with Gasteiger partial charge in [-0.25, -0.2) is 0 Å². The van der Waals surface area contributed by atoms with Crippen molar-refractivity contribution in [2.45, 2.75) is 38.8 Å². The second kappa shape index (κ2) is 11.4. The summed E-state index contributed by atoms with van der Waals surface area (Å²) in [7, 11) is 5.24. The highest BCUT2D eigenvalue weighted by atomic mass is 16.5. The number of hydrogen-bond acceptors (Lipinski definition) is 5. The summed E-state index contributed by atoms with van der Waals surface area (Å²) in [4.78, 5) is 9.46. The Labute approximate surface area is 181 Å². The van der Waals surface area contributed by atoms with Gasteiger partial charge < -0.3 is 25.0 Å². The van der Waals surface area contributed by atoms with Crippen molar-refractivity contribution >= 4 is 5.96 Å². The topological polar surface area (TPSA) is 61.4 Å². The minimum Gasteiger partial charge on any atom is -0.497 e. The lowest BCUT2D eigenvalue weighted by atomic mass is 10.0. The number of methoxy groups -OCH3 is 2. The molecule has 0 radical (unpaired) electrons. The highest BCUT2D eigenvalue weighted by molar-refractivity contribution is 5.80. The zero-order valence-corrected chi connectivity index (χ0v) is 19.1. The summed E-state index contributed by atoms with van der Waals surface area (Å²) in [6.45, 7) is 9.79. The van der Waals surface area contributed by atoms with Gasteiger partial charge >= 0.3 is 0 Å². The van der Waals surface area contributed by atoms with Crippen LogP contribution in [0, 0.1) is 5.92 Å². The highest BCUT2D eigenvalue weighted by Crippen LogP contribution is 2.24. The monoisotopic (exact) mass is 417 g/mol. The number of likely N-dealkylation sites (tertiary alicyclic amines) is 2. The second-order valence-corrected chi connectivity index (χ2v) is 8.63. The summed E-state index contributed by atoms with van der Waals surface area (Å²) >= 11 is 0. The van der Waals surface area contributed by atoms with E-state index < -0.39 is 0 Å². The molecule has 3 rings (SSSR count). The second-order valence-electron chi connectivity index (χ2n) is 8.63. The van der Waals surface area contributed by atoms with Crippen molar-refractivity contribution < 1.29 is 9.47 Å². The van der Waals surface area contributed by atoms with Gasteiger partial charge in [-0.15, -0.1) is 0 Å². The van der Waals surface area contributed by atoms with Crippen molar-refractivity contribution in [3.63, 3.8) is 0 Å². The molecule has 0 aliphatic carbocycles. The van der Waals surface area contributed by atoms with Crippen LogP contribution in [0.1, 0.15) is 31.7 Å². The van der Waals surface area contributed by atoms with E-state index >= 15 is 0 Å². The molecule has 2 N–H and O–H groups in total. The third-order valence-electron chi connectivity index (χ3n) is 6.12. The first-order valence-corrected chi connectivity index (χ1v) is 11.2. The third kappa shape index (κ3) is 6.77. The zero-order chi connectivity index (χ0) is 21.3. The largest absolute Gasteiger partial charge is 0.497 e. The minimum absolute atomic E-state index is 0.415. The van der Waals surface area contributed by atoms with Crippen LogP contribution in [0.3, 0.4) is 0 Å². The Kier molecular flexibility index (Phi) is 8.63. The van der Waals surface area contributed by atoms with E-state index in [2.05, 4.69) is 44.5 Å². The summed E-state index contributed by atoms with van der Waals surface area (Å²) in [5.41, 5.74) is 1.21. The molecule has 1 aromatic carbocycles. The van der Waals surface area contributed by atoms with Gasteiger partial charge in [0.25, 0.3) is 0 Å². The van der Waals surface area contributed by atoms with Crippen LogP contribution in [0.15, 0.2) is 23.2 Å². The number of piperidine rings is 1. The first kappa shape index (κ1) is 22.7. The van der Waals surface area contributed by atoms with Crippen molar-refractivity contribution in [3.8, 4) is 11.5 Å². The van der Waals surface area contributed by atoms with E-state index in [4.69, 9.17) is 9.47 Å². The molecule has 0 spiro atoms. The fourth-order valence-electron chi connectivity index (χ4n) is 4.52. The molecule has 7 nitrogen and oxygen atoms in total. The fraction of sp³-hybridized carbons (Fsp3) is 0.696. The quantitative estimate of drug-likeness (QED) is 0.499. The molecule has 2 aliphatic heterocycles. The zero-order valence-electron chi connectivity index (χ0n) is 19.1. The Morgan fingerprint density at radius 2 is 1.83 bits per heavy atom. The van der Waals surface area contributed by atoms with Crippen LogP contribution in [-0.2, 0) is 6.54 Å². The van der Waals surface area contributed by atoms with E-state index in [9.17, 15) is 0 Å². The maximum atomic E-state index is 5.40. The van der Waals surface area contributed by atoms with Crippen LogP contribution >= 0.6 is 0 Å². The molecule has 168 valence electrons. The minimum atomic E-state index is 0.415. The maximum absolute atomic E-state index is 5.40. The number of guanidine groups is 1. The number of nitrogens with zero attached hydrogens (tertiary/aromatic N) is 3. The third-order valence-corrected chi connectivity index (χ3v) is 6.12. The van der Waals surface area contributed by atoms with Crippen LogP contribution in [-0.4, -0.2) is 82.3 Å². The Balaban J connectivity index is 1.42. The van der Waals surface area contributed by atoms with Gasteiger partial charge in [-0.3, -0.25) is 9.89 Å². The molecular weight excluding hydrogens is 378 g/mol. The molecule has 2 unspecified atom stereocenters. The lowest BCUT2D eigenvalue weighted by molar-refractivity contribution is 0.187. The number of rotatable bonds is 8. The van der Waals surface area contributed by atoms with Crippen molar-refractivity contribution in [1.29, 1.82) is 0 Å². The maximum Gasteiger partial charge on any atom is 0.191 e. The summed E-state index contributed by atoms with van der Waals surface area (Å²) in [6, 6.07) is 6.51. The molecule has 2 atom stereocenters. The van der Waals surface area contributed by atoms with Crippen LogP contribution in [0.5, 0.6) is 11.5 Å². The fourth-order valence-corrected chi connectivity index (χ4v) is 4.52. The molecule has 0 saturated carbocycles. The van der Waals surface area contributed by atoms with Gasteiger partial charge in [0.2, 0.25) is 0 Å². The smallest absolute Gasteiger partial charge is 0.191 e. The van der Waals surface area contributed by atoms with E-state index in [-0.39, 0.29) is 0 Å². The van der Waals surface area contributed by atoms with Crippen molar-refractivity contribution in [2.24, 2.45) is 10.9 Å². The summed E-state index contributed by atoms with van der Waals surface area (Å²) < 4.78 is 10.8. The van der Waals surface area contributed by atoms with E-state index in [1.807, 2.05) is 13.1 Å². The lowest BCUT2D eigenvalue weighted by Gasteiger charge is -2.31. The number of benzene rings is 1.